The smallest absolute Gasteiger partial charge is 0.322 e. The van der Waals surface area contributed by atoms with Crippen molar-refractivity contribution in [2.45, 2.75) is 16.7 Å². The fourth-order valence-corrected chi connectivity index (χ4v) is 4.08. The SMILES string of the molecule is O=C(Nc1cccc(CSC2=NC3=NC=NC3C(=O)N2)c1)c1ccc(S(=O)(=O)F)cc1. The highest BCUT2D eigenvalue weighted by atomic mass is 32.3. The number of aliphatic imine (C=N–C) groups is 3. The van der Waals surface area contributed by atoms with Crippen LogP contribution in [-0.4, -0.2) is 43.6 Å². The van der Waals surface area contributed by atoms with Crippen LogP contribution >= 0.6 is 11.8 Å². The van der Waals surface area contributed by atoms with Crippen molar-refractivity contribution in [1.82, 2.24) is 5.32 Å². The monoisotopic (exact) mass is 459 g/mol. The zero-order chi connectivity index (χ0) is 22.0. The predicted molar refractivity (Wildman–Crippen MR) is 116 cm³/mol. The summed E-state index contributed by atoms with van der Waals surface area (Å²) in [6.45, 7) is 0. The number of hydrogen-bond donors (Lipinski definition) is 2. The highest BCUT2D eigenvalue weighted by Gasteiger charge is 2.31. The number of nitrogens with one attached hydrogen (secondary N) is 2. The van der Waals surface area contributed by atoms with Crippen molar-refractivity contribution in [2.75, 3.05) is 5.32 Å². The van der Waals surface area contributed by atoms with Crippen LogP contribution in [0.5, 0.6) is 0 Å². The van der Waals surface area contributed by atoms with Crippen molar-refractivity contribution in [1.29, 1.82) is 0 Å². The van der Waals surface area contributed by atoms with Crippen LogP contribution in [0.3, 0.4) is 0 Å². The Balaban J connectivity index is 1.39. The summed E-state index contributed by atoms with van der Waals surface area (Å²) in [6, 6.07) is 10.9. The summed E-state index contributed by atoms with van der Waals surface area (Å²) in [5, 5.41) is 5.81. The molecule has 31 heavy (non-hydrogen) atoms. The quantitative estimate of drug-likeness (QED) is 0.662. The number of amidine groups is 2. The van der Waals surface area contributed by atoms with Gasteiger partial charge in [0, 0.05) is 17.0 Å². The lowest BCUT2D eigenvalue weighted by atomic mass is 10.2. The lowest BCUT2D eigenvalue weighted by Gasteiger charge is -2.17. The van der Waals surface area contributed by atoms with Crippen LogP contribution in [-0.2, 0) is 20.8 Å². The van der Waals surface area contributed by atoms with Gasteiger partial charge >= 0.3 is 10.2 Å². The van der Waals surface area contributed by atoms with Gasteiger partial charge in [-0.05, 0) is 42.0 Å². The number of benzene rings is 2. The minimum atomic E-state index is -4.82. The molecule has 2 heterocycles. The van der Waals surface area contributed by atoms with Crippen molar-refractivity contribution in [3.8, 4) is 0 Å². The minimum absolute atomic E-state index is 0.181. The molecule has 0 saturated carbocycles. The lowest BCUT2D eigenvalue weighted by Crippen LogP contribution is -2.44. The fourth-order valence-electron chi connectivity index (χ4n) is 2.81. The Labute approximate surface area is 180 Å². The number of carbonyl (C=O) groups excluding carboxylic acids is 2. The van der Waals surface area contributed by atoms with Crippen molar-refractivity contribution in [3.63, 3.8) is 0 Å². The van der Waals surface area contributed by atoms with E-state index in [-0.39, 0.29) is 11.5 Å². The standard InChI is InChI=1S/C19H14FN5O4S2/c20-31(28,29)14-6-4-12(5-7-14)17(26)23-13-3-1-2-11(8-13)9-30-19-24-16-15(18(27)25-19)21-10-22-16/h1-8,10,15H,9H2,(H,23,26)(H,21,22,24,25,27). The second kappa shape index (κ2) is 8.40. The molecule has 2 aromatic rings. The molecule has 2 aliphatic heterocycles. The van der Waals surface area contributed by atoms with E-state index in [4.69, 9.17) is 0 Å². The van der Waals surface area contributed by atoms with E-state index < -0.39 is 27.1 Å². The number of fused-ring (bicyclic) bond motifs is 1. The number of nitrogens with zero attached hydrogens (tertiary/aromatic N) is 3. The number of thioether (sulfide) groups is 1. The summed E-state index contributed by atoms with van der Waals surface area (Å²) in [5.41, 5.74) is 1.57. The summed E-state index contributed by atoms with van der Waals surface area (Å²) < 4.78 is 34.7. The number of hydrogen-bond acceptors (Lipinski definition) is 8. The maximum Gasteiger partial charge on any atom is 0.332 e. The topological polar surface area (TPSA) is 129 Å². The van der Waals surface area contributed by atoms with Gasteiger partial charge in [-0.15, -0.1) is 3.89 Å². The number of carbonyl (C=O) groups is 2. The average Bonchev–Trinajstić information content (AvgIpc) is 3.21. The number of rotatable bonds is 5. The van der Waals surface area contributed by atoms with Crippen molar-refractivity contribution in [2.24, 2.45) is 15.0 Å². The molecule has 12 heteroatoms. The third kappa shape index (κ3) is 4.86. The first-order valence-corrected chi connectivity index (χ1v) is 11.2. The summed E-state index contributed by atoms with van der Waals surface area (Å²) in [4.78, 5) is 36.0. The Morgan fingerprint density at radius 1 is 1.19 bits per heavy atom. The largest absolute Gasteiger partial charge is 0.332 e. The average molecular weight is 459 g/mol. The molecule has 0 fully saturated rings. The molecule has 1 unspecified atom stereocenters. The van der Waals surface area contributed by atoms with Gasteiger partial charge in [0.05, 0.1) is 4.90 Å². The number of anilines is 1. The molecule has 0 saturated heterocycles. The molecule has 0 aliphatic carbocycles. The van der Waals surface area contributed by atoms with Crippen LogP contribution in [0.1, 0.15) is 15.9 Å². The molecule has 0 aromatic heterocycles. The Hall–Kier alpha value is -3.38. The zero-order valence-electron chi connectivity index (χ0n) is 15.6. The normalized spacial score (nSPS) is 17.5. The molecule has 0 spiro atoms. The van der Waals surface area contributed by atoms with Crippen LogP contribution in [0.4, 0.5) is 9.57 Å². The highest BCUT2D eigenvalue weighted by molar-refractivity contribution is 8.13. The molecular formula is C19H14FN5O4S2. The van der Waals surface area contributed by atoms with E-state index >= 15 is 0 Å². The van der Waals surface area contributed by atoms with E-state index in [2.05, 4.69) is 25.6 Å². The van der Waals surface area contributed by atoms with Crippen molar-refractivity contribution >= 4 is 56.8 Å². The molecule has 2 aliphatic rings. The lowest BCUT2D eigenvalue weighted by molar-refractivity contribution is -0.119. The van der Waals surface area contributed by atoms with E-state index in [1.807, 2.05) is 6.07 Å². The predicted octanol–water partition coefficient (Wildman–Crippen LogP) is 2.13. The van der Waals surface area contributed by atoms with Gasteiger partial charge in [0.2, 0.25) is 0 Å². The van der Waals surface area contributed by atoms with Crippen LogP contribution in [0.2, 0.25) is 0 Å². The molecule has 2 aromatic carbocycles. The van der Waals surface area contributed by atoms with Gasteiger partial charge in [0.15, 0.2) is 17.0 Å². The number of halogens is 1. The molecular weight excluding hydrogens is 445 g/mol. The fraction of sp³-hybridized carbons (Fsp3) is 0.105. The molecule has 9 nitrogen and oxygen atoms in total. The third-order valence-corrected chi connectivity index (χ3v) is 6.08. The van der Waals surface area contributed by atoms with Gasteiger partial charge in [0.1, 0.15) is 6.34 Å². The van der Waals surface area contributed by atoms with Gasteiger partial charge in [-0.3, -0.25) is 14.6 Å². The Morgan fingerprint density at radius 2 is 1.97 bits per heavy atom. The highest BCUT2D eigenvalue weighted by Crippen LogP contribution is 2.21. The zero-order valence-corrected chi connectivity index (χ0v) is 17.3. The summed E-state index contributed by atoms with van der Waals surface area (Å²) in [5.74, 6) is 0.0864. The van der Waals surface area contributed by atoms with Gasteiger partial charge in [0.25, 0.3) is 11.8 Å². The first-order chi connectivity index (χ1) is 14.8. The van der Waals surface area contributed by atoms with Crippen LogP contribution in [0.25, 0.3) is 0 Å². The van der Waals surface area contributed by atoms with E-state index in [1.165, 1.54) is 30.2 Å². The van der Waals surface area contributed by atoms with Crippen LogP contribution < -0.4 is 10.6 Å². The second-order valence-electron chi connectivity index (χ2n) is 6.47. The van der Waals surface area contributed by atoms with Gasteiger partial charge < -0.3 is 10.6 Å². The van der Waals surface area contributed by atoms with Crippen LogP contribution in [0, 0.1) is 0 Å². The Morgan fingerprint density at radius 3 is 2.71 bits per heavy atom. The van der Waals surface area contributed by atoms with Gasteiger partial charge in [-0.25, -0.2) is 9.98 Å². The van der Waals surface area contributed by atoms with Crippen LogP contribution in [0.15, 0.2) is 68.4 Å². The molecule has 2 amide bonds. The molecule has 158 valence electrons. The van der Waals surface area contributed by atoms with Crippen molar-refractivity contribution in [3.05, 3.63) is 59.7 Å². The maximum atomic E-state index is 13.0. The van der Waals surface area contributed by atoms with Gasteiger partial charge in [-0.1, -0.05) is 23.9 Å². The van der Waals surface area contributed by atoms with Gasteiger partial charge in [-0.2, -0.15) is 8.42 Å². The summed E-state index contributed by atoms with van der Waals surface area (Å²) >= 11 is 1.31. The molecule has 4 rings (SSSR count). The number of amides is 2. The minimum Gasteiger partial charge on any atom is -0.322 e. The molecule has 0 radical (unpaired) electrons. The summed E-state index contributed by atoms with van der Waals surface area (Å²) in [6.07, 6.45) is 1.31. The molecule has 0 bridgehead atoms. The Kier molecular flexibility index (Phi) is 5.65. The maximum absolute atomic E-state index is 13.0. The Bertz CT molecular complexity index is 1260. The van der Waals surface area contributed by atoms with E-state index in [9.17, 15) is 21.9 Å². The van der Waals surface area contributed by atoms with E-state index in [0.29, 0.717) is 22.4 Å². The summed E-state index contributed by atoms with van der Waals surface area (Å²) in [7, 11) is -4.82. The van der Waals surface area contributed by atoms with E-state index in [0.717, 1.165) is 17.7 Å². The van der Waals surface area contributed by atoms with E-state index in [1.54, 1.807) is 18.2 Å². The first-order valence-electron chi connectivity index (χ1n) is 8.86. The second-order valence-corrected chi connectivity index (χ2v) is 8.78. The first kappa shape index (κ1) is 20.9. The van der Waals surface area contributed by atoms with Crippen molar-refractivity contribution < 1.29 is 21.9 Å². The molecule has 2 N–H and O–H groups in total. The third-order valence-electron chi connectivity index (χ3n) is 4.30. The molecule has 1 atom stereocenters.